The van der Waals surface area contributed by atoms with Gasteiger partial charge in [0.05, 0.1) is 21.3 Å². The van der Waals surface area contributed by atoms with Gasteiger partial charge in [-0.3, -0.25) is 9.59 Å². The first-order chi connectivity index (χ1) is 13.0. The van der Waals surface area contributed by atoms with Crippen molar-refractivity contribution in [3.8, 4) is 17.2 Å². The molecule has 0 aromatic heterocycles. The van der Waals surface area contributed by atoms with Crippen LogP contribution in [0.25, 0.3) is 0 Å². The zero-order valence-electron chi connectivity index (χ0n) is 16.9. The van der Waals surface area contributed by atoms with Crippen molar-refractivity contribution in [3.05, 3.63) is 12.1 Å². The molecule has 1 saturated carbocycles. The molecule has 1 N–H and O–H groups in total. The van der Waals surface area contributed by atoms with Gasteiger partial charge in [-0.2, -0.15) is 0 Å². The van der Waals surface area contributed by atoms with Crippen molar-refractivity contribution in [2.24, 2.45) is 5.41 Å². The summed E-state index contributed by atoms with van der Waals surface area (Å²) in [7, 11) is 4.55. The second kappa shape index (κ2) is 8.97. The third kappa shape index (κ3) is 4.28. The van der Waals surface area contributed by atoms with Crippen LogP contribution in [0.15, 0.2) is 12.1 Å². The van der Waals surface area contributed by atoms with Gasteiger partial charge in [0.2, 0.25) is 17.6 Å². The topological polar surface area (TPSA) is 77.1 Å². The summed E-state index contributed by atoms with van der Waals surface area (Å²) in [6.45, 7) is 5.41. The molecule has 0 spiro atoms. The monoisotopic (exact) mass is 378 g/mol. The molecule has 0 saturated heterocycles. The van der Waals surface area contributed by atoms with Gasteiger partial charge in [0.15, 0.2) is 11.5 Å². The van der Waals surface area contributed by atoms with E-state index < -0.39 is 5.41 Å². The lowest BCUT2D eigenvalue weighted by molar-refractivity contribution is -0.142. The first kappa shape index (κ1) is 20.9. The van der Waals surface area contributed by atoms with E-state index in [2.05, 4.69) is 5.32 Å². The van der Waals surface area contributed by atoms with Gasteiger partial charge in [0.1, 0.15) is 5.41 Å². The van der Waals surface area contributed by atoms with Crippen molar-refractivity contribution in [2.45, 2.75) is 39.5 Å². The Kier molecular flexibility index (Phi) is 6.93. The third-order valence-electron chi connectivity index (χ3n) is 4.79. The molecule has 7 nitrogen and oxygen atoms in total. The fourth-order valence-corrected chi connectivity index (χ4v) is 3.22. The van der Waals surface area contributed by atoms with E-state index in [-0.39, 0.29) is 11.8 Å². The molecule has 7 heteroatoms. The molecule has 0 aliphatic heterocycles. The Balaban J connectivity index is 2.22. The van der Waals surface area contributed by atoms with Gasteiger partial charge in [-0.15, -0.1) is 0 Å². The first-order valence-corrected chi connectivity index (χ1v) is 9.38. The lowest BCUT2D eigenvalue weighted by atomic mass is 10.0. The Morgan fingerprint density at radius 3 is 1.89 bits per heavy atom. The summed E-state index contributed by atoms with van der Waals surface area (Å²) < 4.78 is 15.9. The first-order valence-electron chi connectivity index (χ1n) is 9.38. The number of hydrogen-bond donors (Lipinski definition) is 1. The van der Waals surface area contributed by atoms with E-state index in [1.165, 1.54) is 21.3 Å². The van der Waals surface area contributed by atoms with E-state index in [1.54, 1.807) is 12.1 Å². The van der Waals surface area contributed by atoms with Crippen LogP contribution in [0.3, 0.4) is 0 Å². The van der Waals surface area contributed by atoms with Crippen LogP contribution in [-0.4, -0.2) is 51.1 Å². The smallest absolute Gasteiger partial charge is 0.240 e. The fraction of sp³-hybridized carbons (Fsp3) is 0.600. The summed E-state index contributed by atoms with van der Waals surface area (Å²) in [6.07, 6.45) is 2.89. The standard InChI is InChI=1S/C20H30N2O5/c1-6-10-22(11-7-2)19(24)20(8-9-20)18(23)21-14-12-15(25-3)17(27-5)16(13-14)26-4/h12-13H,6-11H2,1-5H3,(H,21,23). The molecule has 0 heterocycles. The van der Waals surface area contributed by atoms with Crippen LogP contribution in [0, 0.1) is 5.41 Å². The predicted octanol–water partition coefficient (Wildman–Crippen LogP) is 3.08. The zero-order chi connectivity index (χ0) is 20.0. The van der Waals surface area contributed by atoms with E-state index in [0.29, 0.717) is 48.9 Å². The molecule has 2 amide bonds. The predicted molar refractivity (Wildman–Crippen MR) is 104 cm³/mol. The fourth-order valence-electron chi connectivity index (χ4n) is 3.22. The van der Waals surface area contributed by atoms with Crippen molar-refractivity contribution in [1.29, 1.82) is 0 Å². The SMILES string of the molecule is CCCN(CCC)C(=O)C1(C(=O)Nc2cc(OC)c(OC)c(OC)c2)CC1. The summed E-state index contributed by atoms with van der Waals surface area (Å²) >= 11 is 0. The van der Waals surface area contributed by atoms with Crippen LogP contribution < -0.4 is 19.5 Å². The highest BCUT2D eigenvalue weighted by Crippen LogP contribution is 2.49. The number of anilines is 1. The van der Waals surface area contributed by atoms with Crippen molar-refractivity contribution in [3.63, 3.8) is 0 Å². The molecular weight excluding hydrogens is 348 g/mol. The average molecular weight is 378 g/mol. The molecule has 0 unspecified atom stereocenters. The van der Waals surface area contributed by atoms with Crippen LogP contribution in [0.4, 0.5) is 5.69 Å². The van der Waals surface area contributed by atoms with Crippen LogP contribution in [-0.2, 0) is 9.59 Å². The number of carbonyl (C=O) groups excluding carboxylic acids is 2. The van der Waals surface area contributed by atoms with Crippen LogP contribution in [0.5, 0.6) is 17.2 Å². The minimum absolute atomic E-state index is 0.0730. The molecule has 0 radical (unpaired) electrons. The summed E-state index contributed by atoms with van der Waals surface area (Å²) in [5.41, 5.74) is -0.448. The lowest BCUT2D eigenvalue weighted by Crippen LogP contribution is -2.43. The highest BCUT2D eigenvalue weighted by atomic mass is 16.5. The second-order valence-electron chi connectivity index (χ2n) is 6.74. The third-order valence-corrected chi connectivity index (χ3v) is 4.79. The number of carbonyl (C=O) groups is 2. The maximum absolute atomic E-state index is 13.0. The highest BCUT2D eigenvalue weighted by molar-refractivity contribution is 6.13. The van der Waals surface area contributed by atoms with Gasteiger partial charge in [-0.05, 0) is 25.7 Å². The number of amides is 2. The van der Waals surface area contributed by atoms with Gasteiger partial charge in [0.25, 0.3) is 0 Å². The second-order valence-corrected chi connectivity index (χ2v) is 6.74. The van der Waals surface area contributed by atoms with Crippen molar-refractivity contribution >= 4 is 17.5 Å². The zero-order valence-corrected chi connectivity index (χ0v) is 16.9. The molecule has 150 valence electrons. The number of nitrogens with zero attached hydrogens (tertiary/aromatic N) is 1. The number of nitrogens with one attached hydrogen (secondary N) is 1. The number of ether oxygens (including phenoxy) is 3. The maximum atomic E-state index is 13.0. The average Bonchev–Trinajstić information content (AvgIpc) is 3.48. The summed E-state index contributed by atoms with van der Waals surface area (Å²) in [6, 6.07) is 3.32. The van der Waals surface area contributed by atoms with E-state index in [9.17, 15) is 9.59 Å². The van der Waals surface area contributed by atoms with E-state index >= 15 is 0 Å². The minimum Gasteiger partial charge on any atom is -0.493 e. The molecule has 1 aromatic carbocycles. The number of methoxy groups -OCH3 is 3. The van der Waals surface area contributed by atoms with E-state index in [4.69, 9.17) is 14.2 Å². The Morgan fingerprint density at radius 2 is 1.52 bits per heavy atom. The van der Waals surface area contributed by atoms with Crippen LogP contribution in [0.1, 0.15) is 39.5 Å². The van der Waals surface area contributed by atoms with E-state index in [0.717, 1.165) is 12.8 Å². The quantitative estimate of drug-likeness (QED) is 0.633. The molecule has 1 aromatic rings. The Bertz CT molecular complexity index is 654. The minimum atomic E-state index is -0.954. The summed E-state index contributed by atoms with van der Waals surface area (Å²) in [4.78, 5) is 27.7. The molecule has 27 heavy (non-hydrogen) atoms. The molecular formula is C20H30N2O5. The lowest BCUT2D eigenvalue weighted by Gasteiger charge is -2.26. The summed E-state index contributed by atoms with van der Waals surface area (Å²) in [5.74, 6) is 0.992. The molecule has 2 rings (SSSR count). The summed E-state index contributed by atoms with van der Waals surface area (Å²) in [5, 5.41) is 2.86. The van der Waals surface area contributed by atoms with Gasteiger partial charge in [-0.1, -0.05) is 13.8 Å². The number of rotatable bonds is 10. The normalized spacial score (nSPS) is 14.3. The molecule has 1 aliphatic carbocycles. The van der Waals surface area contributed by atoms with E-state index in [1.807, 2.05) is 18.7 Å². The number of hydrogen-bond acceptors (Lipinski definition) is 5. The van der Waals surface area contributed by atoms with Gasteiger partial charge >= 0.3 is 0 Å². The number of benzene rings is 1. The molecule has 0 atom stereocenters. The van der Waals surface area contributed by atoms with Crippen molar-refractivity contribution < 1.29 is 23.8 Å². The Hall–Kier alpha value is -2.44. The maximum Gasteiger partial charge on any atom is 0.240 e. The Labute approximate surface area is 161 Å². The van der Waals surface area contributed by atoms with Gasteiger partial charge < -0.3 is 24.4 Å². The molecule has 1 fully saturated rings. The van der Waals surface area contributed by atoms with Crippen LogP contribution in [0.2, 0.25) is 0 Å². The molecule has 0 bridgehead atoms. The molecule has 1 aliphatic rings. The van der Waals surface area contributed by atoms with Gasteiger partial charge in [0, 0.05) is 30.9 Å². The highest BCUT2D eigenvalue weighted by Gasteiger charge is 2.57. The Morgan fingerprint density at radius 1 is 1.00 bits per heavy atom. The largest absolute Gasteiger partial charge is 0.493 e. The van der Waals surface area contributed by atoms with Crippen molar-refractivity contribution in [2.75, 3.05) is 39.7 Å². The van der Waals surface area contributed by atoms with Crippen molar-refractivity contribution in [1.82, 2.24) is 4.90 Å². The van der Waals surface area contributed by atoms with Crippen LogP contribution >= 0.6 is 0 Å². The van der Waals surface area contributed by atoms with Gasteiger partial charge in [-0.25, -0.2) is 0 Å².